The van der Waals surface area contributed by atoms with Gasteiger partial charge in [0.25, 0.3) is 0 Å². The maximum atomic E-state index is 13.9. The quantitative estimate of drug-likeness (QED) is 0.403. The van der Waals surface area contributed by atoms with Gasteiger partial charge in [-0.05, 0) is 60.0 Å². The highest BCUT2D eigenvalue weighted by Gasteiger charge is 2.30. The molecule has 3 aromatic rings. The first-order valence-electron chi connectivity index (χ1n) is 11.6. The molecule has 4 nitrogen and oxygen atoms in total. The van der Waals surface area contributed by atoms with Crippen molar-refractivity contribution in [3.8, 4) is 17.2 Å². The average Bonchev–Trinajstić information content (AvgIpc) is 2.82. The van der Waals surface area contributed by atoms with Crippen LogP contribution >= 0.6 is 11.6 Å². The highest BCUT2D eigenvalue weighted by Crippen LogP contribution is 2.47. The van der Waals surface area contributed by atoms with E-state index in [2.05, 4.69) is 4.90 Å². The Kier molecular flexibility index (Phi) is 6.67. The first kappa shape index (κ1) is 23.6. The summed E-state index contributed by atoms with van der Waals surface area (Å²) >= 11 is 6.11. The van der Waals surface area contributed by atoms with Crippen LogP contribution in [0.4, 0.5) is 8.78 Å². The zero-order valence-electron chi connectivity index (χ0n) is 19.3. The second kappa shape index (κ2) is 9.88. The predicted molar refractivity (Wildman–Crippen MR) is 133 cm³/mol. The van der Waals surface area contributed by atoms with Gasteiger partial charge in [-0.25, -0.2) is 4.39 Å². The van der Waals surface area contributed by atoms with Crippen LogP contribution in [0.5, 0.6) is 17.2 Å². The number of allylic oxidation sites excluding steroid dienone is 1. The lowest BCUT2D eigenvalue weighted by molar-refractivity contribution is 0.0668. The summed E-state index contributed by atoms with van der Waals surface area (Å²) < 4.78 is 38.7. The Morgan fingerprint density at radius 2 is 1.86 bits per heavy atom. The molecule has 5 rings (SSSR count). The molecular weight excluding hydrogens is 472 g/mol. The number of hydrogen-bond acceptors (Lipinski definition) is 4. The average molecular weight is 498 g/mol. The summed E-state index contributed by atoms with van der Waals surface area (Å²) in [6.07, 6.45) is -0.487. The van der Waals surface area contributed by atoms with Gasteiger partial charge in [0, 0.05) is 42.8 Å². The van der Waals surface area contributed by atoms with Crippen molar-refractivity contribution in [3.05, 3.63) is 88.2 Å². The number of fused-ring (bicyclic) bond motifs is 1. The summed E-state index contributed by atoms with van der Waals surface area (Å²) in [5, 5.41) is 10.0. The van der Waals surface area contributed by atoms with Gasteiger partial charge in [0.15, 0.2) is 0 Å². The fourth-order valence-electron chi connectivity index (χ4n) is 4.70. The third kappa shape index (κ3) is 4.86. The molecule has 2 aliphatic heterocycles. The van der Waals surface area contributed by atoms with Gasteiger partial charge in [0.05, 0.1) is 11.7 Å². The summed E-state index contributed by atoms with van der Waals surface area (Å²) in [4.78, 5) is 2.18. The lowest BCUT2D eigenvalue weighted by Gasteiger charge is -2.37. The molecule has 0 saturated carbocycles. The van der Waals surface area contributed by atoms with Gasteiger partial charge in [0.1, 0.15) is 35.8 Å². The lowest BCUT2D eigenvalue weighted by atomic mass is 9.86. The second-order valence-electron chi connectivity index (χ2n) is 9.04. The number of benzene rings is 3. The van der Waals surface area contributed by atoms with Crippen molar-refractivity contribution in [2.75, 3.05) is 32.9 Å². The van der Waals surface area contributed by atoms with Crippen molar-refractivity contribution in [1.29, 1.82) is 0 Å². The molecule has 2 aliphatic rings. The van der Waals surface area contributed by atoms with Gasteiger partial charge in [-0.2, -0.15) is 0 Å². The van der Waals surface area contributed by atoms with Crippen molar-refractivity contribution in [2.24, 2.45) is 5.92 Å². The minimum atomic E-state index is -0.487. The number of rotatable bonds is 7. The van der Waals surface area contributed by atoms with Crippen LogP contribution in [0.1, 0.15) is 29.7 Å². The molecule has 0 unspecified atom stereocenters. The molecule has 1 fully saturated rings. The van der Waals surface area contributed by atoms with Crippen molar-refractivity contribution < 1.29 is 23.4 Å². The molecular formula is C28H26ClF2NO3. The van der Waals surface area contributed by atoms with Gasteiger partial charge in [-0.15, -0.1) is 0 Å². The molecule has 1 N–H and O–H groups in total. The van der Waals surface area contributed by atoms with Crippen LogP contribution in [0.15, 0.2) is 60.7 Å². The van der Waals surface area contributed by atoms with Crippen LogP contribution in [0.25, 0.3) is 11.1 Å². The molecule has 1 atom stereocenters. The Hall–Kier alpha value is -3.09. The monoisotopic (exact) mass is 497 g/mol. The third-order valence-corrected chi connectivity index (χ3v) is 6.91. The summed E-state index contributed by atoms with van der Waals surface area (Å²) in [5.74, 6) is 1.11. The Balaban J connectivity index is 1.40. The largest absolute Gasteiger partial charge is 0.508 e. The van der Waals surface area contributed by atoms with E-state index in [1.54, 1.807) is 24.3 Å². The van der Waals surface area contributed by atoms with Crippen molar-refractivity contribution in [3.63, 3.8) is 0 Å². The van der Waals surface area contributed by atoms with E-state index < -0.39 is 11.9 Å². The van der Waals surface area contributed by atoms with Crippen LogP contribution in [0, 0.1) is 11.7 Å². The van der Waals surface area contributed by atoms with E-state index in [1.165, 1.54) is 6.07 Å². The van der Waals surface area contributed by atoms with Crippen LogP contribution in [-0.4, -0.2) is 42.9 Å². The van der Waals surface area contributed by atoms with Gasteiger partial charge in [-0.3, -0.25) is 9.29 Å². The zero-order chi connectivity index (χ0) is 24.5. The summed E-state index contributed by atoms with van der Waals surface area (Å²) in [5.41, 5.74) is 4.34. The topological polar surface area (TPSA) is 41.9 Å². The number of phenols is 1. The Morgan fingerprint density at radius 3 is 2.57 bits per heavy atom. The molecule has 0 bridgehead atoms. The maximum absolute atomic E-state index is 13.9. The minimum Gasteiger partial charge on any atom is -0.508 e. The molecule has 2 heterocycles. The van der Waals surface area contributed by atoms with Crippen molar-refractivity contribution in [1.82, 2.24) is 4.90 Å². The first-order valence-corrected chi connectivity index (χ1v) is 12.0. The molecule has 0 spiro atoms. The summed E-state index contributed by atoms with van der Waals surface area (Å²) in [6.45, 7) is 4.60. The maximum Gasteiger partial charge on any atom is 0.150 e. The van der Waals surface area contributed by atoms with Crippen molar-refractivity contribution >= 4 is 22.7 Å². The SMILES string of the molecule is CC1=C(c2ccc(F)c(Cl)c2)[C@H](c2ccc(OCCN3CC(CF)C3)cc2)Oc2cc(O)ccc21. The number of hydrogen-bond donors (Lipinski definition) is 1. The minimum absolute atomic E-state index is 0.0434. The van der Waals surface area contributed by atoms with E-state index in [-0.39, 0.29) is 23.4 Å². The van der Waals surface area contributed by atoms with E-state index in [9.17, 15) is 13.9 Å². The molecule has 0 radical (unpaired) electrons. The molecule has 7 heteroatoms. The van der Waals surface area contributed by atoms with Crippen LogP contribution < -0.4 is 9.47 Å². The molecule has 35 heavy (non-hydrogen) atoms. The van der Waals surface area contributed by atoms with E-state index in [0.29, 0.717) is 12.4 Å². The lowest BCUT2D eigenvalue weighted by Crippen LogP contribution is -2.49. The van der Waals surface area contributed by atoms with Crippen LogP contribution in [0.3, 0.4) is 0 Å². The molecule has 0 aromatic heterocycles. The van der Waals surface area contributed by atoms with E-state index >= 15 is 0 Å². The Labute approximate surface area is 208 Å². The highest BCUT2D eigenvalue weighted by atomic mass is 35.5. The van der Waals surface area contributed by atoms with Gasteiger partial charge in [0.2, 0.25) is 0 Å². The smallest absolute Gasteiger partial charge is 0.150 e. The number of ether oxygens (including phenoxy) is 2. The van der Waals surface area contributed by atoms with E-state index in [1.807, 2.05) is 37.3 Å². The molecule has 0 aliphatic carbocycles. The van der Waals surface area contributed by atoms with Crippen LogP contribution in [0.2, 0.25) is 5.02 Å². The highest BCUT2D eigenvalue weighted by molar-refractivity contribution is 6.31. The first-order chi connectivity index (χ1) is 16.9. The van der Waals surface area contributed by atoms with Crippen molar-refractivity contribution in [2.45, 2.75) is 13.0 Å². The number of phenolic OH excluding ortho intramolecular Hbond substituents is 1. The molecule has 0 amide bonds. The number of aromatic hydroxyl groups is 1. The number of likely N-dealkylation sites (tertiary alicyclic amines) is 1. The fraction of sp³-hybridized carbons (Fsp3) is 0.286. The van der Waals surface area contributed by atoms with Gasteiger partial charge < -0.3 is 14.6 Å². The zero-order valence-corrected chi connectivity index (χ0v) is 20.1. The number of nitrogens with zero attached hydrogens (tertiary/aromatic N) is 1. The van der Waals surface area contributed by atoms with E-state index in [0.717, 1.165) is 53.2 Å². The van der Waals surface area contributed by atoms with Gasteiger partial charge >= 0.3 is 0 Å². The van der Waals surface area contributed by atoms with E-state index in [4.69, 9.17) is 21.1 Å². The van der Waals surface area contributed by atoms with Gasteiger partial charge in [-0.1, -0.05) is 29.8 Å². The number of halogens is 3. The molecule has 1 saturated heterocycles. The standard InChI is InChI=1S/C28H26ClF2NO3/c1-17-23-8-5-21(33)13-26(23)35-28(27(17)20-4-9-25(31)24(29)12-20)19-2-6-22(7-3-19)34-11-10-32-15-18(14-30)16-32/h2-9,12-13,18,28,33H,10-11,14-16H2,1H3/t28-/m0/s1. The molecule has 3 aromatic carbocycles. The third-order valence-electron chi connectivity index (χ3n) is 6.62. The second-order valence-corrected chi connectivity index (χ2v) is 9.45. The fourth-order valence-corrected chi connectivity index (χ4v) is 4.88. The summed E-state index contributed by atoms with van der Waals surface area (Å²) in [7, 11) is 0. The molecule has 182 valence electrons. The predicted octanol–water partition coefficient (Wildman–Crippen LogP) is 6.53. The Bertz CT molecular complexity index is 1260. The summed E-state index contributed by atoms with van der Waals surface area (Å²) in [6, 6.07) is 17.3. The van der Waals surface area contributed by atoms with Crippen LogP contribution in [-0.2, 0) is 0 Å². The Morgan fingerprint density at radius 1 is 1.09 bits per heavy atom. The number of alkyl halides is 1. The normalized spacial score (nSPS) is 18.1.